The predicted octanol–water partition coefficient (Wildman–Crippen LogP) is 2.69. The molecule has 1 fully saturated rings. The topological polar surface area (TPSA) is 79.3 Å². The summed E-state index contributed by atoms with van der Waals surface area (Å²) in [6, 6.07) is 13.3. The standard InChI is InChI=1S/C23H26N2O5/c1-24(2)12-13-25-20(16-10-11-17(29-3)18(14-16)30-4)19(22(27)23(25)28)21(26)15-8-6-5-7-9-15/h5-11,14,20,26H,12-13H2,1-4H3/b21-19+. The largest absolute Gasteiger partial charge is 0.507 e. The molecule has 2 aromatic carbocycles. The van der Waals surface area contributed by atoms with E-state index in [0.29, 0.717) is 35.7 Å². The second-order valence-electron chi connectivity index (χ2n) is 7.28. The lowest BCUT2D eigenvalue weighted by atomic mass is 9.95. The van der Waals surface area contributed by atoms with Gasteiger partial charge in [-0.1, -0.05) is 36.4 Å². The average molecular weight is 410 g/mol. The first-order valence-electron chi connectivity index (χ1n) is 9.59. The number of aliphatic hydroxyl groups is 1. The van der Waals surface area contributed by atoms with Gasteiger partial charge < -0.3 is 24.4 Å². The highest BCUT2D eigenvalue weighted by molar-refractivity contribution is 6.46. The number of methoxy groups -OCH3 is 2. The van der Waals surface area contributed by atoms with Gasteiger partial charge in [0, 0.05) is 18.7 Å². The Hall–Kier alpha value is -3.32. The fourth-order valence-electron chi connectivity index (χ4n) is 3.54. The van der Waals surface area contributed by atoms with Crippen LogP contribution in [0.25, 0.3) is 5.76 Å². The van der Waals surface area contributed by atoms with Crippen LogP contribution in [0.3, 0.4) is 0 Å². The van der Waals surface area contributed by atoms with Gasteiger partial charge in [-0.15, -0.1) is 0 Å². The smallest absolute Gasteiger partial charge is 0.295 e. The van der Waals surface area contributed by atoms with E-state index in [1.54, 1.807) is 42.5 Å². The van der Waals surface area contributed by atoms with E-state index >= 15 is 0 Å². The van der Waals surface area contributed by atoms with Crippen molar-refractivity contribution < 1.29 is 24.2 Å². The van der Waals surface area contributed by atoms with Crippen molar-refractivity contribution in [2.24, 2.45) is 0 Å². The zero-order chi connectivity index (χ0) is 21.8. The minimum Gasteiger partial charge on any atom is -0.507 e. The summed E-state index contributed by atoms with van der Waals surface area (Å²) in [5, 5.41) is 11.0. The Balaban J connectivity index is 2.17. The van der Waals surface area contributed by atoms with Crippen LogP contribution in [0.15, 0.2) is 54.1 Å². The lowest BCUT2D eigenvalue weighted by Gasteiger charge is -2.27. The molecule has 1 heterocycles. The summed E-state index contributed by atoms with van der Waals surface area (Å²) in [5.74, 6) is -0.507. The number of rotatable bonds is 7. The number of hydrogen-bond acceptors (Lipinski definition) is 6. The Morgan fingerprint density at radius 2 is 1.70 bits per heavy atom. The lowest BCUT2D eigenvalue weighted by molar-refractivity contribution is -0.140. The molecule has 0 aliphatic carbocycles. The number of carbonyl (C=O) groups excluding carboxylic acids is 2. The monoisotopic (exact) mass is 410 g/mol. The molecule has 2 aromatic rings. The van der Waals surface area contributed by atoms with Gasteiger partial charge in [-0.25, -0.2) is 0 Å². The molecule has 1 aliphatic rings. The van der Waals surface area contributed by atoms with Gasteiger partial charge in [-0.05, 0) is 31.8 Å². The molecule has 1 N–H and O–H groups in total. The maximum absolute atomic E-state index is 13.0. The fourth-order valence-corrected chi connectivity index (χ4v) is 3.54. The van der Waals surface area contributed by atoms with E-state index in [-0.39, 0.29) is 11.3 Å². The number of likely N-dealkylation sites (tertiary alicyclic amines) is 1. The molecule has 0 aromatic heterocycles. The normalized spacial score (nSPS) is 18.2. The molecule has 0 saturated carbocycles. The molecule has 0 radical (unpaired) electrons. The molecule has 3 rings (SSSR count). The van der Waals surface area contributed by atoms with E-state index in [4.69, 9.17) is 9.47 Å². The van der Waals surface area contributed by atoms with Gasteiger partial charge in [0.05, 0.1) is 25.8 Å². The Kier molecular flexibility index (Phi) is 6.42. The second kappa shape index (κ2) is 9.00. The number of benzene rings is 2. The van der Waals surface area contributed by atoms with Gasteiger partial charge in [0.15, 0.2) is 11.5 Å². The van der Waals surface area contributed by atoms with Gasteiger partial charge in [0.1, 0.15) is 5.76 Å². The fraction of sp³-hybridized carbons (Fsp3) is 0.304. The van der Waals surface area contributed by atoms with Crippen LogP contribution in [-0.2, 0) is 9.59 Å². The number of Topliss-reactive ketones (excluding diaryl/α,β-unsaturated/α-hetero) is 1. The maximum atomic E-state index is 13.0. The molecule has 1 unspecified atom stereocenters. The lowest BCUT2D eigenvalue weighted by Crippen LogP contribution is -2.35. The Morgan fingerprint density at radius 1 is 1.03 bits per heavy atom. The van der Waals surface area contributed by atoms with Gasteiger partial charge in [-0.2, -0.15) is 0 Å². The number of carbonyl (C=O) groups is 2. The van der Waals surface area contributed by atoms with E-state index in [9.17, 15) is 14.7 Å². The van der Waals surface area contributed by atoms with Crippen LogP contribution in [0.4, 0.5) is 0 Å². The van der Waals surface area contributed by atoms with Crippen LogP contribution in [0.2, 0.25) is 0 Å². The highest BCUT2D eigenvalue weighted by Crippen LogP contribution is 2.41. The minimum atomic E-state index is -0.732. The first-order chi connectivity index (χ1) is 14.4. The molecular weight excluding hydrogens is 384 g/mol. The summed E-state index contributed by atoms with van der Waals surface area (Å²) in [6.07, 6.45) is 0. The van der Waals surface area contributed by atoms with Gasteiger partial charge in [-0.3, -0.25) is 9.59 Å². The summed E-state index contributed by atoms with van der Waals surface area (Å²) in [7, 11) is 6.85. The molecule has 1 saturated heterocycles. The van der Waals surface area contributed by atoms with Crippen LogP contribution >= 0.6 is 0 Å². The number of amides is 1. The van der Waals surface area contributed by atoms with Crippen molar-refractivity contribution in [3.8, 4) is 11.5 Å². The SMILES string of the molecule is COc1ccc(C2/C(=C(\O)c3ccccc3)C(=O)C(=O)N2CCN(C)C)cc1OC. The van der Waals surface area contributed by atoms with Crippen molar-refractivity contribution in [2.75, 3.05) is 41.4 Å². The highest BCUT2D eigenvalue weighted by atomic mass is 16.5. The van der Waals surface area contributed by atoms with Gasteiger partial charge in [0.2, 0.25) is 0 Å². The van der Waals surface area contributed by atoms with E-state index in [0.717, 1.165) is 0 Å². The van der Waals surface area contributed by atoms with Crippen LogP contribution in [-0.4, -0.2) is 68.0 Å². The minimum absolute atomic E-state index is 0.0668. The van der Waals surface area contributed by atoms with Crippen molar-refractivity contribution in [1.82, 2.24) is 9.80 Å². The van der Waals surface area contributed by atoms with E-state index in [2.05, 4.69) is 0 Å². The summed E-state index contributed by atoms with van der Waals surface area (Å²) < 4.78 is 10.7. The quantitative estimate of drug-likeness (QED) is 0.430. The summed E-state index contributed by atoms with van der Waals surface area (Å²) in [4.78, 5) is 29.3. The van der Waals surface area contributed by atoms with Crippen LogP contribution in [0, 0.1) is 0 Å². The van der Waals surface area contributed by atoms with E-state index in [1.165, 1.54) is 19.1 Å². The maximum Gasteiger partial charge on any atom is 0.295 e. The molecule has 7 heteroatoms. The first kappa shape index (κ1) is 21.4. The van der Waals surface area contributed by atoms with Crippen molar-refractivity contribution in [3.05, 3.63) is 65.2 Å². The molecule has 1 aliphatic heterocycles. The number of likely N-dealkylation sites (N-methyl/N-ethyl adjacent to an activating group) is 1. The Bertz CT molecular complexity index is 969. The third kappa shape index (κ3) is 4.02. The van der Waals surface area contributed by atoms with Crippen molar-refractivity contribution in [2.45, 2.75) is 6.04 Å². The predicted molar refractivity (Wildman–Crippen MR) is 114 cm³/mol. The Labute approximate surface area is 176 Å². The highest BCUT2D eigenvalue weighted by Gasteiger charge is 2.46. The molecule has 158 valence electrons. The number of ether oxygens (including phenoxy) is 2. The molecule has 1 atom stereocenters. The van der Waals surface area contributed by atoms with Crippen molar-refractivity contribution in [3.63, 3.8) is 0 Å². The Morgan fingerprint density at radius 3 is 2.30 bits per heavy atom. The molecule has 1 amide bonds. The van der Waals surface area contributed by atoms with Crippen LogP contribution in [0.1, 0.15) is 17.2 Å². The molecule has 0 spiro atoms. The van der Waals surface area contributed by atoms with Crippen LogP contribution < -0.4 is 9.47 Å². The summed E-state index contributed by atoms with van der Waals surface area (Å²) in [6.45, 7) is 0.907. The first-order valence-corrected chi connectivity index (χ1v) is 9.59. The molecule has 0 bridgehead atoms. The summed E-state index contributed by atoms with van der Waals surface area (Å²) in [5.41, 5.74) is 1.20. The number of nitrogens with zero attached hydrogens (tertiary/aromatic N) is 2. The number of hydrogen-bond donors (Lipinski definition) is 1. The van der Waals surface area contributed by atoms with Crippen molar-refractivity contribution >= 4 is 17.4 Å². The van der Waals surface area contributed by atoms with E-state index in [1.807, 2.05) is 25.1 Å². The zero-order valence-electron chi connectivity index (χ0n) is 17.6. The van der Waals surface area contributed by atoms with Gasteiger partial charge in [0.25, 0.3) is 11.7 Å². The third-order valence-corrected chi connectivity index (χ3v) is 5.10. The zero-order valence-corrected chi connectivity index (χ0v) is 17.6. The average Bonchev–Trinajstić information content (AvgIpc) is 3.01. The van der Waals surface area contributed by atoms with Crippen molar-refractivity contribution in [1.29, 1.82) is 0 Å². The molecular formula is C23H26N2O5. The number of aliphatic hydroxyl groups excluding tert-OH is 1. The van der Waals surface area contributed by atoms with Gasteiger partial charge >= 0.3 is 0 Å². The summed E-state index contributed by atoms with van der Waals surface area (Å²) >= 11 is 0. The number of ketones is 1. The second-order valence-corrected chi connectivity index (χ2v) is 7.28. The molecule has 30 heavy (non-hydrogen) atoms. The van der Waals surface area contributed by atoms with E-state index < -0.39 is 17.7 Å². The molecule has 7 nitrogen and oxygen atoms in total. The third-order valence-electron chi connectivity index (χ3n) is 5.10. The van der Waals surface area contributed by atoms with Crippen LogP contribution in [0.5, 0.6) is 11.5 Å².